The lowest BCUT2D eigenvalue weighted by molar-refractivity contribution is 0.206. The van der Waals surface area contributed by atoms with E-state index in [1.54, 1.807) is 0 Å². The molecule has 0 saturated carbocycles. The van der Waals surface area contributed by atoms with Gasteiger partial charge in [-0.2, -0.15) is 0 Å². The summed E-state index contributed by atoms with van der Waals surface area (Å²) in [5, 5.41) is 12.7. The molecular weight excluding hydrogens is 164 g/mol. The minimum atomic E-state index is 0.306. The maximum absolute atomic E-state index is 9.20. The monoisotopic (exact) mass is 186 g/mol. The fourth-order valence-electron chi connectivity index (χ4n) is 2.02. The molecule has 0 radical (unpaired) electrons. The van der Waals surface area contributed by atoms with Crippen molar-refractivity contribution in [1.82, 2.24) is 10.2 Å². The molecular formula is C10H22N2O. The number of aliphatic hydroxyl groups is 1. The Balaban J connectivity index is 2.43. The van der Waals surface area contributed by atoms with Crippen molar-refractivity contribution in [1.29, 1.82) is 0 Å². The fourth-order valence-corrected chi connectivity index (χ4v) is 2.02. The normalized spacial score (nSPS) is 30.2. The van der Waals surface area contributed by atoms with Crippen LogP contribution in [0, 0.1) is 5.92 Å². The average Bonchev–Trinajstić information content (AvgIpc) is 2.46. The molecule has 0 aliphatic carbocycles. The molecule has 13 heavy (non-hydrogen) atoms. The molecule has 0 aromatic rings. The summed E-state index contributed by atoms with van der Waals surface area (Å²) in [6, 6.07) is 0.987. The van der Waals surface area contributed by atoms with Gasteiger partial charge in [-0.3, -0.25) is 0 Å². The molecule has 3 nitrogen and oxygen atoms in total. The van der Waals surface area contributed by atoms with Crippen molar-refractivity contribution in [2.24, 2.45) is 5.92 Å². The van der Waals surface area contributed by atoms with Crippen LogP contribution < -0.4 is 5.32 Å². The summed E-state index contributed by atoms with van der Waals surface area (Å²) < 4.78 is 0. The lowest BCUT2D eigenvalue weighted by Crippen LogP contribution is -2.41. The Hall–Kier alpha value is -0.120. The zero-order valence-electron chi connectivity index (χ0n) is 8.95. The fraction of sp³-hybridized carbons (Fsp3) is 1.00. The van der Waals surface area contributed by atoms with E-state index in [4.69, 9.17) is 0 Å². The summed E-state index contributed by atoms with van der Waals surface area (Å²) >= 11 is 0. The van der Waals surface area contributed by atoms with Crippen molar-refractivity contribution < 1.29 is 5.11 Å². The minimum Gasteiger partial charge on any atom is -0.396 e. The van der Waals surface area contributed by atoms with Crippen LogP contribution in [0.2, 0.25) is 0 Å². The maximum atomic E-state index is 9.20. The van der Waals surface area contributed by atoms with Gasteiger partial charge in [0.15, 0.2) is 0 Å². The first kappa shape index (κ1) is 11.0. The smallest absolute Gasteiger partial charge is 0.0486 e. The highest BCUT2D eigenvalue weighted by Gasteiger charge is 2.31. The van der Waals surface area contributed by atoms with E-state index < -0.39 is 0 Å². The van der Waals surface area contributed by atoms with E-state index in [-0.39, 0.29) is 0 Å². The third-order valence-electron chi connectivity index (χ3n) is 2.75. The van der Waals surface area contributed by atoms with Gasteiger partial charge in [-0.05, 0) is 6.54 Å². The molecule has 0 spiro atoms. The summed E-state index contributed by atoms with van der Waals surface area (Å²) in [5.74, 6) is 0.419. The molecule has 2 atom stereocenters. The topological polar surface area (TPSA) is 35.5 Å². The van der Waals surface area contributed by atoms with Gasteiger partial charge >= 0.3 is 0 Å². The second kappa shape index (κ2) is 4.94. The molecule has 1 saturated heterocycles. The predicted octanol–water partition coefficient (Wildman–Crippen LogP) is 0.297. The highest BCUT2D eigenvalue weighted by molar-refractivity contribution is 4.88. The van der Waals surface area contributed by atoms with Crippen molar-refractivity contribution in [2.75, 3.05) is 26.2 Å². The van der Waals surface area contributed by atoms with Gasteiger partial charge < -0.3 is 15.3 Å². The summed E-state index contributed by atoms with van der Waals surface area (Å²) in [4.78, 5) is 2.39. The quantitative estimate of drug-likeness (QED) is 0.663. The Morgan fingerprint density at radius 1 is 1.46 bits per heavy atom. The van der Waals surface area contributed by atoms with Gasteiger partial charge in [-0.1, -0.05) is 20.8 Å². The molecule has 3 heteroatoms. The molecule has 1 rings (SSSR count). The van der Waals surface area contributed by atoms with Crippen LogP contribution in [0.3, 0.4) is 0 Å². The van der Waals surface area contributed by atoms with Gasteiger partial charge in [-0.25, -0.2) is 0 Å². The first-order valence-corrected chi connectivity index (χ1v) is 5.26. The number of likely N-dealkylation sites (tertiary alicyclic amines) is 1. The predicted molar refractivity (Wildman–Crippen MR) is 54.7 cm³/mol. The van der Waals surface area contributed by atoms with E-state index in [2.05, 4.69) is 31.0 Å². The van der Waals surface area contributed by atoms with E-state index in [0.29, 0.717) is 24.6 Å². The van der Waals surface area contributed by atoms with E-state index in [0.717, 1.165) is 19.6 Å². The number of rotatable bonds is 4. The Morgan fingerprint density at radius 2 is 2.15 bits per heavy atom. The van der Waals surface area contributed by atoms with Crippen LogP contribution in [-0.4, -0.2) is 48.3 Å². The first-order chi connectivity index (χ1) is 6.17. The molecule has 0 unspecified atom stereocenters. The number of aliphatic hydroxyl groups excluding tert-OH is 1. The van der Waals surface area contributed by atoms with Crippen LogP contribution in [0.5, 0.6) is 0 Å². The Labute approximate surface area is 81.1 Å². The van der Waals surface area contributed by atoms with Crippen molar-refractivity contribution >= 4 is 0 Å². The minimum absolute atomic E-state index is 0.306. The highest BCUT2D eigenvalue weighted by atomic mass is 16.3. The van der Waals surface area contributed by atoms with Crippen LogP contribution in [0.25, 0.3) is 0 Å². The largest absolute Gasteiger partial charge is 0.396 e. The van der Waals surface area contributed by atoms with Gasteiger partial charge in [0.2, 0.25) is 0 Å². The molecule has 0 bridgehead atoms. The molecule has 0 aromatic carbocycles. The molecule has 2 N–H and O–H groups in total. The van der Waals surface area contributed by atoms with Gasteiger partial charge in [0, 0.05) is 37.7 Å². The standard InChI is InChI=1S/C10H22N2O/c1-4-12-5-9(7-13)10(6-12)11-8(2)3/h8-11,13H,4-7H2,1-3H3/t9-,10-/m0/s1. The van der Waals surface area contributed by atoms with E-state index in [1.165, 1.54) is 0 Å². The molecule has 0 aromatic heterocycles. The lowest BCUT2D eigenvalue weighted by atomic mass is 10.0. The molecule has 0 amide bonds. The van der Waals surface area contributed by atoms with E-state index in [9.17, 15) is 5.11 Å². The molecule has 1 heterocycles. The van der Waals surface area contributed by atoms with Crippen molar-refractivity contribution in [3.8, 4) is 0 Å². The molecule has 1 fully saturated rings. The van der Waals surface area contributed by atoms with Crippen molar-refractivity contribution in [2.45, 2.75) is 32.9 Å². The number of hydrogen-bond donors (Lipinski definition) is 2. The first-order valence-electron chi connectivity index (χ1n) is 5.26. The van der Waals surface area contributed by atoms with E-state index in [1.807, 2.05) is 0 Å². The van der Waals surface area contributed by atoms with Crippen LogP contribution in [0.1, 0.15) is 20.8 Å². The molecule has 78 valence electrons. The second-order valence-electron chi connectivity index (χ2n) is 4.22. The van der Waals surface area contributed by atoms with Crippen LogP contribution in [0.15, 0.2) is 0 Å². The average molecular weight is 186 g/mol. The van der Waals surface area contributed by atoms with Crippen LogP contribution in [0.4, 0.5) is 0 Å². The number of likely N-dealkylation sites (N-methyl/N-ethyl adjacent to an activating group) is 1. The van der Waals surface area contributed by atoms with Gasteiger partial charge in [0.25, 0.3) is 0 Å². The second-order valence-corrected chi connectivity index (χ2v) is 4.22. The van der Waals surface area contributed by atoms with Gasteiger partial charge in [-0.15, -0.1) is 0 Å². The SMILES string of the molecule is CCN1C[C@@H](CO)[C@@H](NC(C)C)C1. The van der Waals surface area contributed by atoms with E-state index >= 15 is 0 Å². The van der Waals surface area contributed by atoms with Crippen LogP contribution in [-0.2, 0) is 0 Å². The zero-order chi connectivity index (χ0) is 9.84. The van der Waals surface area contributed by atoms with Gasteiger partial charge in [0.1, 0.15) is 0 Å². The van der Waals surface area contributed by atoms with Crippen LogP contribution >= 0.6 is 0 Å². The Bertz CT molecular complexity index is 150. The summed E-state index contributed by atoms with van der Waals surface area (Å²) in [6.07, 6.45) is 0. The number of nitrogens with zero attached hydrogens (tertiary/aromatic N) is 1. The number of hydrogen-bond acceptors (Lipinski definition) is 3. The van der Waals surface area contributed by atoms with Crippen molar-refractivity contribution in [3.63, 3.8) is 0 Å². The summed E-state index contributed by atoms with van der Waals surface area (Å²) in [5.41, 5.74) is 0. The summed E-state index contributed by atoms with van der Waals surface area (Å²) in [6.45, 7) is 10.0. The van der Waals surface area contributed by atoms with Gasteiger partial charge in [0.05, 0.1) is 0 Å². The summed E-state index contributed by atoms with van der Waals surface area (Å²) in [7, 11) is 0. The van der Waals surface area contributed by atoms with Crippen molar-refractivity contribution in [3.05, 3.63) is 0 Å². The molecule has 1 aliphatic heterocycles. The number of nitrogens with one attached hydrogen (secondary N) is 1. The Kier molecular flexibility index (Phi) is 4.16. The lowest BCUT2D eigenvalue weighted by Gasteiger charge is -2.20. The zero-order valence-corrected chi connectivity index (χ0v) is 8.95. The third kappa shape index (κ3) is 2.93. The third-order valence-corrected chi connectivity index (χ3v) is 2.75. The Morgan fingerprint density at radius 3 is 2.62 bits per heavy atom. The maximum Gasteiger partial charge on any atom is 0.0486 e. The molecule has 1 aliphatic rings. The highest BCUT2D eigenvalue weighted by Crippen LogP contribution is 2.16.